The van der Waals surface area contributed by atoms with Crippen molar-refractivity contribution in [2.45, 2.75) is 67.2 Å². The Morgan fingerprint density at radius 2 is 2.08 bits per heavy atom. The van der Waals surface area contributed by atoms with E-state index in [1.165, 1.54) is 36.0 Å². The third kappa shape index (κ3) is 6.90. The molecule has 1 aliphatic carbocycles. The quantitative estimate of drug-likeness (QED) is 0.412. The first kappa shape index (κ1) is 20.5. The normalized spacial score (nSPS) is 20.0. The van der Waals surface area contributed by atoms with E-state index >= 15 is 0 Å². The molecule has 0 amide bonds. The van der Waals surface area contributed by atoms with E-state index in [1.807, 2.05) is 19.9 Å². The van der Waals surface area contributed by atoms with E-state index in [1.54, 1.807) is 0 Å². The fraction of sp³-hybridized carbons (Fsp3) is 0.591. The van der Waals surface area contributed by atoms with Crippen LogP contribution in [0, 0.1) is 11.3 Å². The molecule has 1 aliphatic rings. The molecule has 0 radical (unpaired) electrons. The maximum atomic E-state index is 11.4. The zero-order valence-corrected chi connectivity index (χ0v) is 16.3. The van der Waals surface area contributed by atoms with Gasteiger partial charge in [0.2, 0.25) is 0 Å². The highest BCUT2D eigenvalue weighted by Gasteiger charge is 2.26. The molecule has 2 nitrogen and oxygen atoms in total. The molecule has 0 spiro atoms. The molecule has 0 N–H and O–H groups in total. The molecule has 0 aromatic heterocycles. The van der Waals surface area contributed by atoms with E-state index in [0.717, 1.165) is 0 Å². The van der Waals surface area contributed by atoms with Gasteiger partial charge in [-0.1, -0.05) is 62.3 Å². The summed E-state index contributed by atoms with van der Waals surface area (Å²) >= 11 is 0. The minimum Gasteiger partial charge on any atom is -0.466 e. The minimum absolute atomic E-state index is 0.128. The van der Waals surface area contributed by atoms with E-state index in [9.17, 15) is 4.79 Å². The predicted octanol–water partition coefficient (Wildman–Crippen LogP) is 6.16. The number of hydrogen-bond acceptors (Lipinski definition) is 2. The van der Waals surface area contributed by atoms with Gasteiger partial charge in [0, 0.05) is 0 Å². The monoisotopic (exact) mass is 330 g/mol. The molecular formula is C22H34O2. The Kier molecular flexibility index (Phi) is 8.24. The molecular weight excluding hydrogens is 296 g/mol. The fourth-order valence-electron chi connectivity index (χ4n) is 3.23. The lowest BCUT2D eigenvalue weighted by Crippen LogP contribution is -2.19. The van der Waals surface area contributed by atoms with E-state index in [0.29, 0.717) is 13.0 Å². The van der Waals surface area contributed by atoms with Crippen molar-refractivity contribution in [2.24, 2.45) is 11.3 Å². The van der Waals surface area contributed by atoms with E-state index < -0.39 is 0 Å². The van der Waals surface area contributed by atoms with Crippen LogP contribution >= 0.6 is 0 Å². The van der Waals surface area contributed by atoms with Gasteiger partial charge < -0.3 is 4.74 Å². The molecule has 0 aromatic carbocycles. The smallest absolute Gasteiger partial charge is 0.306 e. The van der Waals surface area contributed by atoms with Crippen LogP contribution in [0.25, 0.3) is 0 Å². The lowest BCUT2D eigenvalue weighted by atomic mass is 9.72. The van der Waals surface area contributed by atoms with E-state index in [-0.39, 0.29) is 17.3 Å². The highest BCUT2D eigenvalue weighted by molar-refractivity contribution is 5.69. The van der Waals surface area contributed by atoms with Crippen LogP contribution < -0.4 is 0 Å². The SMILES string of the molecule is CCOC(=O)C[C@H](C)/C=C/C=C(C)/C=C/C1=C(C)CCCC1(C)C. The maximum Gasteiger partial charge on any atom is 0.306 e. The average molecular weight is 331 g/mol. The number of hydrogen-bond donors (Lipinski definition) is 0. The molecule has 0 bridgehead atoms. The topological polar surface area (TPSA) is 26.3 Å². The molecule has 2 heteroatoms. The van der Waals surface area contributed by atoms with Crippen LogP contribution in [0.5, 0.6) is 0 Å². The van der Waals surface area contributed by atoms with Crippen molar-refractivity contribution in [1.82, 2.24) is 0 Å². The third-order valence-corrected chi connectivity index (χ3v) is 4.65. The van der Waals surface area contributed by atoms with Gasteiger partial charge in [0.15, 0.2) is 0 Å². The Hall–Kier alpha value is -1.57. The predicted molar refractivity (Wildman–Crippen MR) is 103 cm³/mol. The van der Waals surface area contributed by atoms with Crippen LogP contribution in [-0.2, 0) is 9.53 Å². The maximum absolute atomic E-state index is 11.4. The molecule has 0 saturated heterocycles. The number of carbonyl (C=O) groups is 1. The van der Waals surface area contributed by atoms with Crippen molar-refractivity contribution < 1.29 is 9.53 Å². The number of carbonyl (C=O) groups excluding carboxylic acids is 1. The summed E-state index contributed by atoms with van der Waals surface area (Å²) in [6.07, 6.45) is 14.9. The van der Waals surface area contributed by atoms with Gasteiger partial charge in [-0.3, -0.25) is 4.79 Å². The molecule has 0 saturated carbocycles. The molecule has 24 heavy (non-hydrogen) atoms. The van der Waals surface area contributed by atoms with Crippen LogP contribution in [0.2, 0.25) is 0 Å². The summed E-state index contributed by atoms with van der Waals surface area (Å²) in [6, 6.07) is 0. The Bertz CT molecular complexity index is 544. The van der Waals surface area contributed by atoms with Crippen LogP contribution in [0.4, 0.5) is 0 Å². The van der Waals surface area contributed by atoms with Gasteiger partial charge in [0.1, 0.15) is 0 Å². The Morgan fingerprint density at radius 3 is 2.71 bits per heavy atom. The first-order valence-corrected chi connectivity index (χ1v) is 9.15. The largest absolute Gasteiger partial charge is 0.466 e. The van der Waals surface area contributed by atoms with E-state index in [4.69, 9.17) is 4.74 Å². The van der Waals surface area contributed by atoms with Crippen LogP contribution in [0.15, 0.2) is 47.1 Å². The summed E-state index contributed by atoms with van der Waals surface area (Å²) in [5.41, 5.74) is 4.51. The van der Waals surface area contributed by atoms with Crippen LogP contribution in [0.3, 0.4) is 0 Å². The lowest BCUT2D eigenvalue weighted by molar-refractivity contribution is -0.143. The molecule has 0 aliphatic heterocycles. The third-order valence-electron chi connectivity index (χ3n) is 4.65. The Balaban J connectivity index is 2.63. The molecule has 1 rings (SSSR count). The molecule has 0 unspecified atom stereocenters. The molecule has 0 heterocycles. The van der Waals surface area contributed by atoms with Crippen molar-refractivity contribution in [3.63, 3.8) is 0 Å². The lowest BCUT2D eigenvalue weighted by Gasteiger charge is -2.32. The second-order valence-corrected chi connectivity index (χ2v) is 7.55. The van der Waals surface area contributed by atoms with Gasteiger partial charge in [-0.05, 0) is 56.9 Å². The number of allylic oxidation sites excluding steroid dienone is 8. The summed E-state index contributed by atoms with van der Waals surface area (Å²) < 4.78 is 4.97. The van der Waals surface area contributed by atoms with Crippen LogP contribution in [-0.4, -0.2) is 12.6 Å². The second kappa shape index (κ2) is 9.66. The van der Waals surface area contributed by atoms with Crippen molar-refractivity contribution in [2.75, 3.05) is 6.61 Å². The van der Waals surface area contributed by atoms with Gasteiger partial charge in [-0.2, -0.15) is 0 Å². The van der Waals surface area contributed by atoms with Gasteiger partial charge >= 0.3 is 5.97 Å². The molecule has 1 atom stereocenters. The number of esters is 1. The summed E-state index contributed by atoms with van der Waals surface area (Å²) in [7, 11) is 0. The minimum atomic E-state index is -0.128. The second-order valence-electron chi connectivity index (χ2n) is 7.55. The zero-order chi connectivity index (χ0) is 18.2. The van der Waals surface area contributed by atoms with Crippen LogP contribution in [0.1, 0.15) is 67.2 Å². The summed E-state index contributed by atoms with van der Waals surface area (Å²) in [5, 5.41) is 0. The van der Waals surface area contributed by atoms with Crippen molar-refractivity contribution in [3.05, 3.63) is 47.1 Å². The number of rotatable bonds is 7. The van der Waals surface area contributed by atoms with Crippen molar-refractivity contribution >= 4 is 5.97 Å². The number of ether oxygens (including phenoxy) is 1. The van der Waals surface area contributed by atoms with Gasteiger partial charge in [0.25, 0.3) is 0 Å². The molecule has 0 fully saturated rings. The standard InChI is InChI=1S/C22H34O2/c1-7-24-21(23)16-18(3)11-8-10-17(2)13-14-20-19(4)12-9-15-22(20,5)6/h8,10-11,13-14,18H,7,9,12,15-16H2,1-6H3/b11-8+,14-13+,17-10+/t18-/m1/s1. The van der Waals surface area contributed by atoms with E-state index in [2.05, 4.69) is 52.0 Å². The highest BCUT2D eigenvalue weighted by atomic mass is 16.5. The zero-order valence-electron chi connectivity index (χ0n) is 16.3. The van der Waals surface area contributed by atoms with Crippen molar-refractivity contribution in [3.8, 4) is 0 Å². The van der Waals surface area contributed by atoms with Gasteiger partial charge in [0.05, 0.1) is 13.0 Å². The highest BCUT2D eigenvalue weighted by Crippen LogP contribution is 2.40. The first-order chi connectivity index (χ1) is 11.3. The Morgan fingerprint density at radius 1 is 1.38 bits per heavy atom. The van der Waals surface area contributed by atoms with Crippen molar-refractivity contribution in [1.29, 1.82) is 0 Å². The molecule has 134 valence electrons. The molecule has 0 aromatic rings. The summed E-state index contributed by atoms with van der Waals surface area (Å²) in [6.45, 7) is 13.4. The summed E-state index contributed by atoms with van der Waals surface area (Å²) in [5.74, 6) is 0.0662. The van der Waals surface area contributed by atoms with Gasteiger partial charge in [-0.25, -0.2) is 0 Å². The fourth-order valence-corrected chi connectivity index (χ4v) is 3.23. The summed E-state index contributed by atoms with van der Waals surface area (Å²) in [4.78, 5) is 11.4. The Labute approximate surface area is 148 Å². The first-order valence-electron chi connectivity index (χ1n) is 9.15. The van der Waals surface area contributed by atoms with Gasteiger partial charge in [-0.15, -0.1) is 0 Å². The average Bonchev–Trinajstić information content (AvgIpc) is 2.46.